The predicted octanol–water partition coefficient (Wildman–Crippen LogP) is 1.67. The summed E-state index contributed by atoms with van der Waals surface area (Å²) in [6, 6.07) is 2.79. The average molecular weight is 287 g/mol. The van der Waals surface area contributed by atoms with Crippen molar-refractivity contribution in [3.8, 4) is 5.75 Å². The van der Waals surface area contributed by atoms with E-state index in [4.69, 9.17) is 9.84 Å². The smallest absolute Gasteiger partial charge is 0.303 e. The second-order valence-electron chi connectivity index (χ2n) is 4.18. The SMILES string of the molecule is CN(CCCC(=O)O)C(=O)COc1ccc(F)cc1F. The number of halogens is 2. The molecule has 20 heavy (non-hydrogen) atoms. The Hall–Kier alpha value is -2.18. The number of hydrogen-bond donors (Lipinski definition) is 1. The first-order valence-electron chi connectivity index (χ1n) is 5.93. The maximum atomic E-state index is 13.2. The number of rotatable bonds is 7. The maximum Gasteiger partial charge on any atom is 0.303 e. The van der Waals surface area contributed by atoms with Crippen LogP contribution in [0.4, 0.5) is 8.78 Å². The van der Waals surface area contributed by atoms with E-state index in [1.807, 2.05) is 0 Å². The first-order valence-corrected chi connectivity index (χ1v) is 5.93. The van der Waals surface area contributed by atoms with E-state index in [9.17, 15) is 18.4 Å². The van der Waals surface area contributed by atoms with Gasteiger partial charge in [0.2, 0.25) is 0 Å². The summed E-state index contributed by atoms with van der Waals surface area (Å²) in [5.41, 5.74) is 0. The number of carboxylic acids is 1. The van der Waals surface area contributed by atoms with Gasteiger partial charge in [-0.1, -0.05) is 0 Å². The largest absolute Gasteiger partial charge is 0.481 e. The fourth-order valence-electron chi connectivity index (χ4n) is 1.43. The molecule has 1 amide bonds. The fraction of sp³-hybridized carbons (Fsp3) is 0.385. The molecule has 1 rings (SSSR count). The Morgan fingerprint density at radius 2 is 2.05 bits per heavy atom. The molecule has 0 aliphatic carbocycles. The highest BCUT2D eigenvalue weighted by atomic mass is 19.1. The molecule has 0 aliphatic rings. The second kappa shape index (κ2) is 7.42. The molecule has 0 aliphatic heterocycles. The van der Waals surface area contributed by atoms with Gasteiger partial charge in [-0.15, -0.1) is 0 Å². The Kier molecular flexibility index (Phi) is 5.89. The number of hydrogen-bond acceptors (Lipinski definition) is 3. The van der Waals surface area contributed by atoms with E-state index in [0.717, 1.165) is 12.1 Å². The van der Waals surface area contributed by atoms with E-state index in [-0.39, 0.29) is 18.7 Å². The number of carboxylic acid groups (broad SMARTS) is 1. The van der Waals surface area contributed by atoms with Gasteiger partial charge in [-0.25, -0.2) is 8.78 Å². The number of carbonyl (C=O) groups is 2. The third-order valence-corrected chi connectivity index (χ3v) is 2.55. The van der Waals surface area contributed by atoms with Gasteiger partial charge in [-0.3, -0.25) is 9.59 Å². The molecule has 5 nitrogen and oxygen atoms in total. The Bertz CT molecular complexity index is 493. The van der Waals surface area contributed by atoms with Crippen molar-refractivity contribution in [3.05, 3.63) is 29.8 Å². The molecule has 0 saturated carbocycles. The number of aliphatic carboxylic acids is 1. The molecule has 0 atom stereocenters. The number of amides is 1. The topological polar surface area (TPSA) is 66.8 Å². The summed E-state index contributed by atoms with van der Waals surface area (Å²) in [4.78, 5) is 23.2. The zero-order valence-electron chi connectivity index (χ0n) is 10.9. The quantitative estimate of drug-likeness (QED) is 0.828. The molecule has 0 saturated heterocycles. The summed E-state index contributed by atoms with van der Waals surface area (Å²) in [7, 11) is 1.49. The van der Waals surface area contributed by atoms with Crippen molar-refractivity contribution in [3.63, 3.8) is 0 Å². The van der Waals surface area contributed by atoms with Gasteiger partial charge in [0.15, 0.2) is 18.2 Å². The molecule has 0 radical (unpaired) electrons. The molecule has 0 bridgehead atoms. The van der Waals surface area contributed by atoms with Crippen LogP contribution in [0.1, 0.15) is 12.8 Å². The van der Waals surface area contributed by atoms with E-state index in [0.29, 0.717) is 12.5 Å². The highest BCUT2D eigenvalue weighted by Gasteiger charge is 2.12. The lowest BCUT2D eigenvalue weighted by molar-refractivity contribution is -0.138. The van der Waals surface area contributed by atoms with Gasteiger partial charge in [0.05, 0.1) is 0 Å². The van der Waals surface area contributed by atoms with Crippen molar-refractivity contribution >= 4 is 11.9 Å². The van der Waals surface area contributed by atoms with Crippen LogP contribution in [-0.4, -0.2) is 42.1 Å². The average Bonchev–Trinajstić information content (AvgIpc) is 2.36. The maximum absolute atomic E-state index is 13.2. The Morgan fingerprint density at radius 1 is 1.35 bits per heavy atom. The molecule has 0 fully saturated rings. The van der Waals surface area contributed by atoms with Crippen LogP contribution >= 0.6 is 0 Å². The molecule has 110 valence electrons. The van der Waals surface area contributed by atoms with Gasteiger partial charge in [0, 0.05) is 26.1 Å². The molecule has 1 aromatic carbocycles. The van der Waals surface area contributed by atoms with Crippen molar-refractivity contribution in [2.45, 2.75) is 12.8 Å². The molecule has 0 aromatic heterocycles. The van der Waals surface area contributed by atoms with E-state index >= 15 is 0 Å². The number of nitrogens with zero attached hydrogens (tertiary/aromatic N) is 1. The molecule has 0 unspecified atom stereocenters. The van der Waals surface area contributed by atoms with Crippen molar-refractivity contribution in [1.82, 2.24) is 4.90 Å². The Labute approximate surface area is 114 Å². The van der Waals surface area contributed by atoms with E-state index in [1.54, 1.807) is 0 Å². The molecule has 0 heterocycles. The predicted molar refractivity (Wildman–Crippen MR) is 66.4 cm³/mol. The van der Waals surface area contributed by atoms with Crippen molar-refractivity contribution in [1.29, 1.82) is 0 Å². The lowest BCUT2D eigenvalue weighted by Gasteiger charge is -2.17. The minimum atomic E-state index is -0.935. The summed E-state index contributed by atoms with van der Waals surface area (Å²) in [6.07, 6.45) is 0.285. The first kappa shape index (κ1) is 15.9. The van der Waals surface area contributed by atoms with Gasteiger partial charge in [0.25, 0.3) is 5.91 Å². The van der Waals surface area contributed by atoms with Crippen molar-refractivity contribution < 1.29 is 28.2 Å². The number of carbonyl (C=O) groups excluding carboxylic acids is 1. The fourth-order valence-corrected chi connectivity index (χ4v) is 1.43. The summed E-state index contributed by atoms with van der Waals surface area (Å²) in [5.74, 6) is -3.17. The zero-order chi connectivity index (χ0) is 15.1. The van der Waals surface area contributed by atoms with Crippen LogP contribution < -0.4 is 4.74 Å². The molecule has 7 heteroatoms. The Balaban J connectivity index is 2.40. The molecular weight excluding hydrogens is 272 g/mol. The lowest BCUT2D eigenvalue weighted by Crippen LogP contribution is -2.32. The standard InChI is InChI=1S/C13H15F2NO4/c1-16(6-2-3-13(18)19)12(17)8-20-11-5-4-9(14)7-10(11)15/h4-5,7H,2-3,6,8H2,1H3,(H,18,19). The first-order chi connectivity index (χ1) is 9.40. The summed E-state index contributed by atoms with van der Waals surface area (Å²) in [5, 5.41) is 8.47. The lowest BCUT2D eigenvalue weighted by atomic mass is 10.3. The highest BCUT2D eigenvalue weighted by Crippen LogP contribution is 2.17. The van der Waals surface area contributed by atoms with Gasteiger partial charge >= 0.3 is 5.97 Å². The van der Waals surface area contributed by atoms with E-state index < -0.39 is 30.1 Å². The summed E-state index contributed by atoms with van der Waals surface area (Å²) >= 11 is 0. The molecular formula is C13H15F2NO4. The molecule has 1 N–H and O–H groups in total. The molecule has 0 spiro atoms. The minimum absolute atomic E-state index is 0.0366. The van der Waals surface area contributed by atoms with Gasteiger partial charge in [-0.2, -0.15) is 0 Å². The van der Waals surface area contributed by atoms with Crippen LogP contribution in [0.5, 0.6) is 5.75 Å². The van der Waals surface area contributed by atoms with E-state index in [2.05, 4.69) is 0 Å². The zero-order valence-corrected chi connectivity index (χ0v) is 10.9. The van der Waals surface area contributed by atoms with Crippen LogP contribution in [0.3, 0.4) is 0 Å². The van der Waals surface area contributed by atoms with Crippen molar-refractivity contribution in [2.24, 2.45) is 0 Å². The minimum Gasteiger partial charge on any atom is -0.481 e. The van der Waals surface area contributed by atoms with E-state index in [1.165, 1.54) is 11.9 Å². The number of benzene rings is 1. The van der Waals surface area contributed by atoms with Crippen LogP contribution in [-0.2, 0) is 9.59 Å². The number of likely N-dealkylation sites (N-methyl/N-ethyl adjacent to an activating group) is 1. The van der Waals surface area contributed by atoms with Gasteiger partial charge < -0.3 is 14.7 Å². The monoisotopic (exact) mass is 287 g/mol. The van der Waals surface area contributed by atoms with Crippen LogP contribution in [0.2, 0.25) is 0 Å². The van der Waals surface area contributed by atoms with Crippen LogP contribution in [0.25, 0.3) is 0 Å². The van der Waals surface area contributed by atoms with Gasteiger partial charge in [0.1, 0.15) is 5.82 Å². The Morgan fingerprint density at radius 3 is 2.65 bits per heavy atom. The normalized spacial score (nSPS) is 10.2. The second-order valence-corrected chi connectivity index (χ2v) is 4.18. The van der Waals surface area contributed by atoms with Crippen LogP contribution in [0, 0.1) is 11.6 Å². The van der Waals surface area contributed by atoms with Crippen molar-refractivity contribution in [2.75, 3.05) is 20.2 Å². The third-order valence-electron chi connectivity index (χ3n) is 2.55. The van der Waals surface area contributed by atoms with Crippen LogP contribution in [0.15, 0.2) is 18.2 Å². The molecule has 1 aromatic rings. The summed E-state index contributed by atoms with van der Waals surface area (Å²) in [6.45, 7) is -0.132. The summed E-state index contributed by atoms with van der Waals surface area (Å²) < 4.78 is 30.9. The number of ether oxygens (including phenoxy) is 1. The third kappa shape index (κ3) is 5.21. The van der Waals surface area contributed by atoms with Gasteiger partial charge in [-0.05, 0) is 18.6 Å². The highest BCUT2D eigenvalue weighted by molar-refractivity contribution is 5.77.